The highest BCUT2D eigenvalue weighted by Crippen LogP contribution is 2.26. The summed E-state index contributed by atoms with van der Waals surface area (Å²) in [5.74, 6) is 0.919. The minimum atomic E-state index is -0.279. The van der Waals surface area contributed by atoms with Gasteiger partial charge in [0.25, 0.3) is 5.91 Å². The van der Waals surface area contributed by atoms with Gasteiger partial charge in [0.1, 0.15) is 11.5 Å². The summed E-state index contributed by atoms with van der Waals surface area (Å²) >= 11 is 5.99. The van der Waals surface area contributed by atoms with Crippen LogP contribution in [0.15, 0.2) is 54.6 Å². The Kier molecular flexibility index (Phi) is 4.77. The molecule has 1 fully saturated rings. The second-order valence-electron chi connectivity index (χ2n) is 6.66. The molecule has 5 nitrogen and oxygen atoms in total. The third-order valence-electron chi connectivity index (χ3n) is 4.36. The summed E-state index contributed by atoms with van der Waals surface area (Å²) < 4.78 is 0. The summed E-state index contributed by atoms with van der Waals surface area (Å²) in [5.41, 5.74) is 2.79. The number of carbonyl (C=O) groups excluding carboxylic acids is 1. The van der Waals surface area contributed by atoms with Crippen molar-refractivity contribution in [1.82, 2.24) is 9.97 Å². The molecule has 6 heteroatoms. The Balaban J connectivity index is 1.66. The topological polar surface area (TPSA) is 66.9 Å². The summed E-state index contributed by atoms with van der Waals surface area (Å²) in [6.45, 7) is 1.90. The minimum absolute atomic E-state index is 0.279. The van der Waals surface area contributed by atoms with Gasteiger partial charge in [0.05, 0.1) is 0 Å². The van der Waals surface area contributed by atoms with E-state index in [2.05, 4.69) is 20.6 Å². The van der Waals surface area contributed by atoms with E-state index in [4.69, 9.17) is 11.6 Å². The van der Waals surface area contributed by atoms with Crippen LogP contribution in [0.4, 0.5) is 11.5 Å². The van der Waals surface area contributed by atoms with Crippen molar-refractivity contribution in [2.45, 2.75) is 25.8 Å². The number of amides is 1. The number of nitrogens with one attached hydrogen (secondary N) is 2. The number of rotatable bonds is 5. The predicted octanol–water partition coefficient (Wildman–Crippen LogP) is 4.93. The van der Waals surface area contributed by atoms with E-state index in [-0.39, 0.29) is 5.91 Å². The van der Waals surface area contributed by atoms with Crippen molar-refractivity contribution >= 4 is 29.0 Å². The summed E-state index contributed by atoms with van der Waals surface area (Å²) in [6.07, 6.45) is 2.24. The monoisotopic (exact) mass is 378 g/mol. The number of nitrogens with zero attached hydrogens (tertiary/aromatic N) is 2. The Morgan fingerprint density at radius 1 is 1.07 bits per heavy atom. The van der Waals surface area contributed by atoms with Crippen LogP contribution in [0.1, 0.15) is 28.9 Å². The summed E-state index contributed by atoms with van der Waals surface area (Å²) in [5, 5.41) is 6.90. The van der Waals surface area contributed by atoms with Crippen LogP contribution >= 0.6 is 11.6 Å². The van der Waals surface area contributed by atoms with E-state index in [0.29, 0.717) is 34.1 Å². The molecule has 0 atom stereocenters. The molecule has 0 radical (unpaired) electrons. The van der Waals surface area contributed by atoms with E-state index in [9.17, 15) is 4.79 Å². The fraction of sp³-hybridized carbons (Fsp3) is 0.190. The zero-order chi connectivity index (χ0) is 18.8. The normalized spacial score (nSPS) is 13.3. The van der Waals surface area contributed by atoms with Crippen molar-refractivity contribution in [1.29, 1.82) is 0 Å². The Morgan fingerprint density at radius 2 is 1.85 bits per heavy atom. The first-order valence-electron chi connectivity index (χ1n) is 8.87. The molecule has 2 aromatic carbocycles. The molecule has 2 N–H and O–H groups in total. The lowest BCUT2D eigenvalue weighted by Gasteiger charge is -2.11. The number of benzene rings is 2. The van der Waals surface area contributed by atoms with Gasteiger partial charge in [-0.1, -0.05) is 41.9 Å². The van der Waals surface area contributed by atoms with Crippen molar-refractivity contribution in [2.75, 3.05) is 10.6 Å². The maximum atomic E-state index is 12.8. The molecule has 0 bridgehead atoms. The highest BCUT2D eigenvalue weighted by molar-refractivity contribution is 6.30. The highest BCUT2D eigenvalue weighted by Gasteiger charge is 2.23. The average molecular weight is 379 g/mol. The smallest absolute Gasteiger partial charge is 0.274 e. The first-order chi connectivity index (χ1) is 13.1. The van der Waals surface area contributed by atoms with E-state index < -0.39 is 0 Å². The minimum Gasteiger partial charge on any atom is -0.367 e. The lowest BCUT2D eigenvalue weighted by Crippen LogP contribution is -2.16. The third-order valence-corrected chi connectivity index (χ3v) is 4.59. The van der Waals surface area contributed by atoms with E-state index in [1.807, 2.05) is 43.3 Å². The van der Waals surface area contributed by atoms with Crippen molar-refractivity contribution in [3.8, 4) is 11.4 Å². The third kappa shape index (κ3) is 4.26. The average Bonchev–Trinajstić information content (AvgIpc) is 3.48. The van der Waals surface area contributed by atoms with E-state index in [0.717, 1.165) is 24.0 Å². The van der Waals surface area contributed by atoms with Gasteiger partial charge in [-0.2, -0.15) is 0 Å². The van der Waals surface area contributed by atoms with Crippen LogP contribution in [0, 0.1) is 6.92 Å². The molecule has 0 aliphatic heterocycles. The molecule has 4 rings (SSSR count). The molecule has 0 spiro atoms. The second-order valence-corrected chi connectivity index (χ2v) is 7.10. The quantitative estimate of drug-likeness (QED) is 0.660. The Hall–Kier alpha value is -2.92. The predicted molar refractivity (Wildman–Crippen MR) is 108 cm³/mol. The Morgan fingerprint density at radius 3 is 2.56 bits per heavy atom. The number of hydrogen-bond acceptors (Lipinski definition) is 4. The maximum Gasteiger partial charge on any atom is 0.274 e. The van der Waals surface area contributed by atoms with Gasteiger partial charge in [0, 0.05) is 28.4 Å². The van der Waals surface area contributed by atoms with Crippen molar-refractivity contribution in [3.63, 3.8) is 0 Å². The molecular formula is C21H19ClN4O. The molecule has 27 heavy (non-hydrogen) atoms. The van der Waals surface area contributed by atoms with Gasteiger partial charge in [0.2, 0.25) is 0 Å². The summed E-state index contributed by atoms with van der Waals surface area (Å²) in [7, 11) is 0. The van der Waals surface area contributed by atoms with Crippen LogP contribution in [0.5, 0.6) is 0 Å². The summed E-state index contributed by atoms with van der Waals surface area (Å²) in [4.78, 5) is 21.9. The molecule has 1 saturated carbocycles. The summed E-state index contributed by atoms with van der Waals surface area (Å²) in [6, 6.07) is 17.1. The van der Waals surface area contributed by atoms with Crippen LogP contribution in [0.2, 0.25) is 5.02 Å². The van der Waals surface area contributed by atoms with Crippen molar-refractivity contribution < 1.29 is 4.79 Å². The van der Waals surface area contributed by atoms with Crippen LogP contribution < -0.4 is 10.6 Å². The maximum absolute atomic E-state index is 12.8. The van der Waals surface area contributed by atoms with E-state index >= 15 is 0 Å². The molecule has 1 aliphatic rings. The Bertz CT molecular complexity index is 987. The SMILES string of the molecule is Cc1cc(Cl)ccc1NC(=O)c1cc(NC2CC2)nc(-c2ccccc2)n1. The highest BCUT2D eigenvalue weighted by atomic mass is 35.5. The van der Waals surface area contributed by atoms with Gasteiger partial charge in [-0.3, -0.25) is 4.79 Å². The van der Waals surface area contributed by atoms with Crippen molar-refractivity contribution in [2.24, 2.45) is 0 Å². The van der Waals surface area contributed by atoms with E-state index in [1.165, 1.54) is 0 Å². The number of anilines is 2. The van der Waals surface area contributed by atoms with Gasteiger partial charge >= 0.3 is 0 Å². The number of carbonyl (C=O) groups is 1. The molecular weight excluding hydrogens is 360 g/mol. The molecule has 0 saturated heterocycles. The van der Waals surface area contributed by atoms with Crippen LogP contribution in [0.25, 0.3) is 11.4 Å². The van der Waals surface area contributed by atoms with Gasteiger partial charge in [-0.15, -0.1) is 0 Å². The fourth-order valence-corrected chi connectivity index (χ4v) is 2.97. The lowest BCUT2D eigenvalue weighted by molar-refractivity contribution is 0.102. The molecule has 3 aromatic rings. The van der Waals surface area contributed by atoms with Crippen LogP contribution in [-0.2, 0) is 0 Å². The van der Waals surface area contributed by atoms with Gasteiger partial charge in [0.15, 0.2) is 5.82 Å². The number of aryl methyl sites for hydroxylation is 1. The van der Waals surface area contributed by atoms with Gasteiger partial charge in [-0.05, 0) is 43.5 Å². The largest absolute Gasteiger partial charge is 0.367 e. The van der Waals surface area contributed by atoms with Crippen LogP contribution in [-0.4, -0.2) is 21.9 Å². The molecule has 1 heterocycles. The van der Waals surface area contributed by atoms with Crippen molar-refractivity contribution in [3.05, 3.63) is 70.9 Å². The molecule has 1 aliphatic carbocycles. The number of hydrogen-bond donors (Lipinski definition) is 2. The zero-order valence-electron chi connectivity index (χ0n) is 14.9. The molecule has 136 valence electrons. The fourth-order valence-electron chi connectivity index (χ4n) is 2.74. The second kappa shape index (κ2) is 7.37. The molecule has 1 amide bonds. The van der Waals surface area contributed by atoms with Crippen LogP contribution in [0.3, 0.4) is 0 Å². The Labute approximate surface area is 162 Å². The van der Waals surface area contributed by atoms with E-state index in [1.54, 1.807) is 18.2 Å². The lowest BCUT2D eigenvalue weighted by atomic mass is 10.2. The first-order valence-corrected chi connectivity index (χ1v) is 9.25. The number of halogens is 1. The zero-order valence-corrected chi connectivity index (χ0v) is 15.6. The van der Waals surface area contributed by atoms with Gasteiger partial charge < -0.3 is 10.6 Å². The first kappa shape index (κ1) is 17.5. The molecule has 0 unspecified atom stereocenters. The molecule has 1 aromatic heterocycles. The number of aromatic nitrogens is 2. The standard InChI is InChI=1S/C21H19ClN4O/c1-13-11-15(22)7-10-17(13)25-21(27)18-12-19(23-16-8-9-16)26-20(24-18)14-5-3-2-4-6-14/h2-7,10-12,16H,8-9H2,1H3,(H,25,27)(H,23,24,26). The van der Waals surface area contributed by atoms with Gasteiger partial charge in [-0.25, -0.2) is 9.97 Å².